The van der Waals surface area contributed by atoms with Crippen LogP contribution in [0, 0.1) is 17.8 Å². The molecule has 0 heterocycles. The standard InChI is InChI=1S/C14H28O2.C13H10.C2H6/c1-11(2)7-6-8-13(5)9-10-16-14(15)12(3)4;1-3-7-12-10(5-1)9-11-6-2-4-8-13(11)12;1-2/h11-13H,6-10H2,1-5H3;1-8H,9H2;1-2H3. The van der Waals surface area contributed by atoms with Gasteiger partial charge >= 0.3 is 5.97 Å². The summed E-state index contributed by atoms with van der Waals surface area (Å²) in [4.78, 5) is 11.2. The lowest BCUT2D eigenvalue weighted by Gasteiger charge is -2.13. The second-order valence-corrected chi connectivity index (χ2v) is 9.03. The summed E-state index contributed by atoms with van der Waals surface area (Å²) in [6.07, 6.45) is 5.94. The van der Waals surface area contributed by atoms with Crippen LogP contribution in [-0.4, -0.2) is 12.6 Å². The minimum atomic E-state index is -0.0746. The van der Waals surface area contributed by atoms with Gasteiger partial charge in [-0.2, -0.15) is 0 Å². The number of hydrogen-bond donors (Lipinski definition) is 0. The van der Waals surface area contributed by atoms with E-state index in [1.165, 1.54) is 41.5 Å². The highest BCUT2D eigenvalue weighted by Gasteiger charge is 2.15. The molecule has 2 nitrogen and oxygen atoms in total. The zero-order valence-corrected chi connectivity index (χ0v) is 20.9. The number of carbonyl (C=O) groups is 1. The topological polar surface area (TPSA) is 26.3 Å². The van der Waals surface area contributed by atoms with Crippen molar-refractivity contribution in [3.63, 3.8) is 0 Å². The van der Waals surface area contributed by atoms with Crippen molar-refractivity contribution in [3.05, 3.63) is 59.7 Å². The van der Waals surface area contributed by atoms with E-state index in [1.54, 1.807) is 0 Å². The average molecular weight is 425 g/mol. The van der Waals surface area contributed by atoms with Gasteiger partial charge in [-0.25, -0.2) is 0 Å². The molecule has 2 heteroatoms. The summed E-state index contributed by atoms with van der Waals surface area (Å²) in [5, 5.41) is 0. The highest BCUT2D eigenvalue weighted by Crippen LogP contribution is 2.35. The number of fused-ring (bicyclic) bond motifs is 3. The van der Waals surface area contributed by atoms with Crippen molar-refractivity contribution in [3.8, 4) is 11.1 Å². The molecule has 31 heavy (non-hydrogen) atoms. The van der Waals surface area contributed by atoms with E-state index in [1.807, 2.05) is 27.7 Å². The van der Waals surface area contributed by atoms with Gasteiger partial charge < -0.3 is 4.74 Å². The maximum Gasteiger partial charge on any atom is 0.308 e. The van der Waals surface area contributed by atoms with E-state index in [9.17, 15) is 4.79 Å². The van der Waals surface area contributed by atoms with Crippen molar-refractivity contribution in [2.24, 2.45) is 17.8 Å². The quantitative estimate of drug-likeness (QED) is 0.340. The van der Waals surface area contributed by atoms with Crippen molar-refractivity contribution in [2.75, 3.05) is 6.61 Å². The fraction of sp³-hybridized carbons (Fsp3) is 0.552. The fourth-order valence-corrected chi connectivity index (χ4v) is 3.63. The zero-order chi connectivity index (χ0) is 23.2. The Kier molecular flexibility index (Phi) is 12.9. The van der Waals surface area contributed by atoms with E-state index in [0.717, 1.165) is 18.8 Å². The largest absolute Gasteiger partial charge is 0.465 e. The Morgan fingerprint density at radius 2 is 1.32 bits per heavy atom. The number of ether oxygens (including phenoxy) is 1. The van der Waals surface area contributed by atoms with Crippen molar-refractivity contribution in [2.45, 2.75) is 80.6 Å². The Balaban J connectivity index is 0.000000290. The van der Waals surface area contributed by atoms with Crippen LogP contribution in [0.2, 0.25) is 0 Å². The van der Waals surface area contributed by atoms with Gasteiger partial charge in [0.25, 0.3) is 0 Å². The van der Waals surface area contributed by atoms with Gasteiger partial charge in [0.1, 0.15) is 0 Å². The maximum absolute atomic E-state index is 11.2. The Morgan fingerprint density at radius 3 is 1.81 bits per heavy atom. The van der Waals surface area contributed by atoms with Gasteiger partial charge in [-0.05, 0) is 46.9 Å². The minimum Gasteiger partial charge on any atom is -0.465 e. The summed E-state index contributed by atoms with van der Waals surface area (Å²) < 4.78 is 5.16. The third-order valence-corrected chi connectivity index (χ3v) is 5.51. The van der Waals surface area contributed by atoms with E-state index < -0.39 is 0 Å². The normalized spacial score (nSPS) is 12.2. The van der Waals surface area contributed by atoms with Gasteiger partial charge in [0.05, 0.1) is 12.5 Å². The van der Waals surface area contributed by atoms with Crippen LogP contribution in [0.25, 0.3) is 11.1 Å². The lowest BCUT2D eigenvalue weighted by Crippen LogP contribution is -2.13. The van der Waals surface area contributed by atoms with Crippen LogP contribution in [0.15, 0.2) is 48.5 Å². The fourth-order valence-electron chi connectivity index (χ4n) is 3.63. The molecule has 2 aromatic carbocycles. The molecule has 3 rings (SSSR count). The molecule has 0 saturated heterocycles. The lowest BCUT2D eigenvalue weighted by atomic mass is 9.98. The van der Waals surface area contributed by atoms with E-state index >= 15 is 0 Å². The zero-order valence-electron chi connectivity index (χ0n) is 20.9. The van der Waals surface area contributed by atoms with Crippen LogP contribution in [0.3, 0.4) is 0 Å². The molecule has 0 aliphatic heterocycles. The predicted octanol–water partition coefficient (Wildman–Crippen LogP) is 8.32. The number of esters is 1. The van der Waals surface area contributed by atoms with E-state index in [-0.39, 0.29) is 11.9 Å². The van der Waals surface area contributed by atoms with E-state index in [4.69, 9.17) is 4.74 Å². The molecule has 0 amide bonds. The minimum absolute atomic E-state index is 0.00347. The number of carbonyl (C=O) groups excluding carboxylic acids is 1. The Hall–Kier alpha value is -2.09. The molecule has 0 bridgehead atoms. The third kappa shape index (κ3) is 9.72. The first kappa shape index (κ1) is 26.9. The molecule has 0 fully saturated rings. The summed E-state index contributed by atoms with van der Waals surface area (Å²) in [5.41, 5.74) is 5.75. The van der Waals surface area contributed by atoms with Gasteiger partial charge in [0, 0.05) is 0 Å². The summed E-state index contributed by atoms with van der Waals surface area (Å²) in [6, 6.07) is 17.3. The van der Waals surface area contributed by atoms with E-state index in [2.05, 4.69) is 69.3 Å². The van der Waals surface area contributed by atoms with Crippen molar-refractivity contribution in [1.82, 2.24) is 0 Å². The smallest absolute Gasteiger partial charge is 0.308 e. The average Bonchev–Trinajstić information content (AvgIpc) is 3.14. The van der Waals surface area contributed by atoms with Crippen LogP contribution in [-0.2, 0) is 16.0 Å². The first-order chi connectivity index (χ1) is 14.9. The third-order valence-electron chi connectivity index (χ3n) is 5.51. The molecule has 1 unspecified atom stereocenters. The molecule has 0 aromatic heterocycles. The SMILES string of the molecule is CC.CC(C)CCCC(C)CCOC(=O)C(C)C.c1ccc2c(c1)Cc1ccccc1-2. The summed E-state index contributed by atoms with van der Waals surface area (Å²) in [7, 11) is 0. The van der Waals surface area contributed by atoms with Gasteiger partial charge in [-0.15, -0.1) is 0 Å². The number of rotatable bonds is 8. The second kappa shape index (κ2) is 14.8. The Bertz CT molecular complexity index is 717. The molecule has 2 aromatic rings. The maximum atomic E-state index is 11.2. The number of hydrogen-bond acceptors (Lipinski definition) is 2. The van der Waals surface area contributed by atoms with Crippen LogP contribution >= 0.6 is 0 Å². The van der Waals surface area contributed by atoms with Crippen LogP contribution in [0.1, 0.15) is 85.3 Å². The first-order valence-electron chi connectivity index (χ1n) is 12.2. The van der Waals surface area contributed by atoms with Gasteiger partial charge in [0.2, 0.25) is 0 Å². The van der Waals surface area contributed by atoms with Gasteiger partial charge in [-0.1, -0.05) is 116 Å². The molecule has 1 atom stereocenters. The molecule has 0 N–H and O–H groups in total. The van der Waals surface area contributed by atoms with Gasteiger partial charge in [0.15, 0.2) is 0 Å². The van der Waals surface area contributed by atoms with E-state index in [0.29, 0.717) is 12.5 Å². The summed E-state index contributed by atoms with van der Waals surface area (Å²) >= 11 is 0. The lowest BCUT2D eigenvalue weighted by molar-refractivity contribution is -0.147. The molecule has 0 spiro atoms. The summed E-state index contributed by atoms with van der Waals surface area (Å²) in [5.74, 6) is 1.38. The molecule has 1 aliphatic carbocycles. The molecular formula is C29H44O2. The Morgan fingerprint density at radius 1 is 0.806 bits per heavy atom. The predicted molar refractivity (Wildman–Crippen MR) is 134 cm³/mol. The second-order valence-electron chi connectivity index (χ2n) is 9.03. The Labute approximate surface area is 191 Å². The first-order valence-corrected chi connectivity index (χ1v) is 12.2. The van der Waals surface area contributed by atoms with Crippen molar-refractivity contribution >= 4 is 5.97 Å². The van der Waals surface area contributed by atoms with Crippen LogP contribution in [0.5, 0.6) is 0 Å². The molecule has 172 valence electrons. The molecular weight excluding hydrogens is 380 g/mol. The molecule has 1 aliphatic rings. The van der Waals surface area contributed by atoms with Crippen LogP contribution < -0.4 is 0 Å². The highest BCUT2D eigenvalue weighted by atomic mass is 16.5. The molecule has 0 saturated carbocycles. The number of benzene rings is 2. The van der Waals surface area contributed by atoms with Crippen molar-refractivity contribution < 1.29 is 9.53 Å². The van der Waals surface area contributed by atoms with Crippen molar-refractivity contribution in [1.29, 1.82) is 0 Å². The molecule has 0 radical (unpaired) electrons. The highest BCUT2D eigenvalue weighted by molar-refractivity contribution is 5.76. The summed E-state index contributed by atoms with van der Waals surface area (Å²) in [6.45, 7) is 15.1. The van der Waals surface area contributed by atoms with Crippen LogP contribution in [0.4, 0.5) is 0 Å². The monoisotopic (exact) mass is 424 g/mol. The van der Waals surface area contributed by atoms with Gasteiger partial charge in [-0.3, -0.25) is 4.79 Å².